The first-order valence-electron chi connectivity index (χ1n) is 4.48. The average molecular weight is 213 g/mol. The number of esters is 1. The standard InChI is InChI=1S/C10H15NO4/c1-4-15-10(14)8(5-11-3)9(13)7(2)6-12/h5-6,11-12H,4H2,1-3H3/b7-6?,8-5+. The summed E-state index contributed by atoms with van der Waals surface area (Å²) in [6, 6.07) is 0. The maximum atomic E-state index is 11.5. The van der Waals surface area contributed by atoms with Gasteiger partial charge in [0.25, 0.3) is 0 Å². The maximum absolute atomic E-state index is 11.5. The second-order valence-corrected chi connectivity index (χ2v) is 2.71. The summed E-state index contributed by atoms with van der Waals surface area (Å²) in [5, 5.41) is 11.2. The highest BCUT2D eigenvalue weighted by Gasteiger charge is 2.20. The molecule has 0 saturated carbocycles. The molecule has 0 heterocycles. The number of allylic oxidation sites excluding steroid dienone is 1. The summed E-state index contributed by atoms with van der Waals surface area (Å²) in [5.74, 6) is -1.27. The Morgan fingerprint density at radius 1 is 1.47 bits per heavy atom. The van der Waals surface area contributed by atoms with E-state index >= 15 is 0 Å². The highest BCUT2D eigenvalue weighted by atomic mass is 16.5. The number of aliphatic hydroxyl groups excluding tert-OH is 1. The lowest BCUT2D eigenvalue weighted by molar-refractivity contribution is -0.139. The van der Waals surface area contributed by atoms with Gasteiger partial charge in [-0.25, -0.2) is 4.79 Å². The van der Waals surface area contributed by atoms with Crippen LogP contribution in [0.15, 0.2) is 23.6 Å². The fourth-order valence-corrected chi connectivity index (χ4v) is 0.841. The summed E-state index contributed by atoms with van der Waals surface area (Å²) >= 11 is 0. The molecule has 0 amide bonds. The molecule has 0 aromatic heterocycles. The van der Waals surface area contributed by atoms with Crippen molar-refractivity contribution in [1.29, 1.82) is 0 Å². The molecule has 0 aliphatic carbocycles. The summed E-state index contributed by atoms with van der Waals surface area (Å²) in [5.41, 5.74) is -0.0632. The van der Waals surface area contributed by atoms with Crippen LogP contribution < -0.4 is 5.32 Å². The Kier molecular flexibility index (Phi) is 5.85. The van der Waals surface area contributed by atoms with Crippen molar-refractivity contribution < 1.29 is 19.4 Å². The number of nitrogens with one attached hydrogen (secondary N) is 1. The minimum absolute atomic E-state index is 0.0737. The normalized spacial score (nSPS) is 12.2. The zero-order chi connectivity index (χ0) is 11.8. The molecule has 5 heteroatoms. The molecule has 0 aliphatic heterocycles. The number of hydrogen-bond acceptors (Lipinski definition) is 5. The van der Waals surface area contributed by atoms with E-state index in [0.29, 0.717) is 6.26 Å². The van der Waals surface area contributed by atoms with Gasteiger partial charge in [-0.1, -0.05) is 0 Å². The van der Waals surface area contributed by atoms with Crippen molar-refractivity contribution in [1.82, 2.24) is 5.32 Å². The summed E-state index contributed by atoms with van der Waals surface area (Å²) in [7, 11) is 1.56. The average Bonchev–Trinajstić information content (AvgIpc) is 2.24. The molecule has 84 valence electrons. The van der Waals surface area contributed by atoms with Crippen molar-refractivity contribution in [2.75, 3.05) is 13.7 Å². The van der Waals surface area contributed by atoms with Gasteiger partial charge in [0.2, 0.25) is 5.78 Å². The van der Waals surface area contributed by atoms with Gasteiger partial charge >= 0.3 is 5.97 Å². The summed E-state index contributed by atoms with van der Waals surface area (Å²) < 4.78 is 4.70. The van der Waals surface area contributed by atoms with Crippen LogP contribution in [-0.2, 0) is 14.3 Å². The van der Waals surface area contributed by atoms with Crippen LogP contribution in [0.5, 0.6) is 0 Å². The van der Waals surface area contributed by atoms with Gasteiger partial charge in [-0.3, -0.25) is 4.79 Å². The van der Waals surface area contributed by atoms with Crippen LogP contribution in [0.3, 0.4) is 0 Å². The van der Waals surface area contributed by atoms with Gasteiger partial charge < -0.3 is 15.2 Å². The van der Waals surface area contributed by atoms with Gasteiger partial charge in [0, 0.05) is 18.8 Å². The summed E-state index contributed by atoms with van der Waals surface area (Å²) in [6.45, 7) is 3.24. The lowest BCUT2D eigenvalue weighted by atomic mass is 10.1. The highest BCUT2D eigenvalue weighted by Crippen LogP contribution is 2.06. The Morgan fingerprint density at radius 3 is 2.47 bits per heavy atom. The molecule has 0 bridgehead atoms. The van der Waals surface area contributed by atoms with Crippen molar-refractivity contribution in [3.8, 4) is 0 Å². The van der Waals surface area contributed by atoms with Gasteiger partial charge in [0.15, 0.2) is 0 Å². The Bertz CT molecular complexity index is 305. The van der Waals surface area contributed by atoms with Crippen LogP contribution in [0.25, 0.3) is 0 Å². The molecule has 0 radical (unpaired) electrons. The molecule has 15 heavy (non-hydrogen) atoms. The van der Waals surface area contributed by atoms with Gasteiger partial charge in [-0.2, -0.15) is 0 Å². The van der Waals surface area contributed by atoms with E-state index < -0.39 is 11.8 Å². The first-order valence-corrected chi connectivity index (χ1v) is 4.48. The minimum Gasteiger partial charge on any atom is -0.515 e. The van der Waals surface area contributed by atoms with E-state index in [-0.39, 0.29) is 17.8 Å². The van der Waals surface area contributed by atoms with Gasteiger partial charge in [-0.15, -0.1) is 0 Å². The lowest BCUT2D eigenvalue weighted by Gasteiger charge is -2.05. The van der Waals surface area contributed by atoms with Crippen molar-refractivity contribution >= 4 is 11.8 Å². The van der Waals surface area contributed by atoms with Crippen molar-refractivity contribution in [2.24, 2.45) is 0 Å². The fourth-order valence-electron chi connectivity index (χ4n) is 0.841. The third-order valence-corrected chi connectivity index (χ3v) is 1.58. The van der Waals surface area contributed by atoms with Crippen LogP contribution >= 0.6 is 0 Å². The van der Waals surface area contributed by atoms with Crippen molar-refractivity contribution in [3.63, 3.8) is 0 Å². The van der Waals surface area contributed by atoms with Gasteiger partial charge in [0.05, 0.1) is 12.9 Å². The largest absolute Gasteiger partial charge is 0.515 e. The van der Waals surface area contributed by atoms with E-state index in [0.717, 1.165) is 0 Å². The summed E-state index contributed by atoms with van der Waals surface area (Å²) in [6.07, 6.45) is 1.90. The Labute approximate surface area is 88.4 Å². The quantitative estimate of drug-likeness (QED) is 0.231. The molecule has 0 aromatic rings. The van der Waals surface area contributed by atoms with Gasteiger partial charge in [-0.05, 0) is 13.8 Å². The molecule has 0 rings (SSSR count). The van der Waals surface area contributed by atoms with Crippen molar-refractivity contribution in [3.05, 3.63) is 23.6 Å². The Hall–Kier alpha value is -1.78. The Morgan fingerprint density at radius 2 is 2.07 bits per heavy atom. The molecule has 0 unspecified atom stereocenters. The number of hydrogen-bond donors (Lipinski definition) is 2. The number of carbonyl (C=O) groups is 2. The predicted octanol–water partition coefficient (Wildman–Crippen LogP) is 0.684. The van der Waals surface area contributed by atoms with Crippen LogP contribution in [-0.4, -0.2) is 30.5 Å². The number of carbonyl (C=O) groups excluding carboxylic acids is 2. The monoisotopic (exact) mass is 213 g/mol. The molecule has 0 aromatic carbocycles. The molecule has 0 fully saturated rings. The number of ketones is 1. The number of Topliss-reactive ketones (excluding diaryl/α,β-unsaturated/α-hetero) is 1. The molecule has 0 aliphatic rings. The van der Waals surface area contributed by atoms with E-state index in [2.05, 4.69) is 5.32 Å². The fraction of sp³-hybridized carbons (Fsp3) is 0.400. The smallest absolute Gasteiger partial charge is 0.343 e. The van der Waals surface area contributed by atoms with Crippen LogP contribution in [0.1, 0.15) is 13.8 Å². The SMILES string of the molecule is CCOC(=O)/C(=C/NC)C(=O)C(C)=CO. The molecule has 0 saturated heterocycles. The van der Waals surface area contributed by atoms with Gasteiger partial charge in [0.1, 0.15) is 5.57 Å². The molecular formula is C10H15NO4. The van der Waals surface area contributed by atoms with E-state index in [4.69, 9.17) is 9.84 Å². The van der Waals surface area contributed by atoms with E-state index in [1.54, 1.807) is 14.0 Å². The van der Waals surface area contributed by atoms with Crippen molar-refractivity contribution in [2.45, 2.75) is 13.8 Å². The molecular weight excluding hydrogens is 198 g/mol. The zero-order valence-electron chi connectivity index (χ0n) is 9.03. The minimum atomic E-state index is -0.710. The third kappa shape index (κ3) is 3.84. The zero-order valence-corrected chi connectivity index (χ0v) is 9.03. The predicted molar refractivity (Wildman–Crippen MR) is 55.2 cm³/mol. The second-order valence-electron chi connectivity index (χ2n) is 2.71. The molecule has 0 atom stereocenters. The van der Waals surface area contributed by atoms with E-state index in [1.165, 1.54) is 13.1 Å². The van der Waals surface area contributed by atoms with E-state index in [1.807, 2.05) is 0 Å². The molecule has 5 nitrogen and oxygen atoms in total. The highest BCUT2D eigenvalue weighted by molar-refractivity contribution is 6.23. The number of ether oxygens (including phenoxy) is 1. The number of aliphatic hydroxyl groups is 1. The second kappa shape index (κ2) is 6.64. The Balaban J connectivity index is 4.91. The first-order chi connectivity index (χ1) is 7.08. The van der Waals surface area contributed by atoms with E-state index in [9.17, 15) is 9.59 Å². The van der Waals surface area contributed by atoms with Crippen LogP contribution in [0, 0.1) is 0 Å². The lowest BCUT2D eigenvalue weighted by Crippen LogP contribution is -2.19. The van der Waals surface area contributed by atoms with Crippen LogP contribution in [0.2, 0.25) is 0 Å². The molecule has 2 N–H and O–H groups in total. The summed E-state index contributed by atoms with van der Waals surface area (Å²) in [4.78, 5) is 22.9. The molecule has 0 spiro atoms. The number of rotatable bonds is 5. The topological polar surface area (TPSA) is 75.6 Å². The van der Waals surface area contributed by atoms with Crippen LogP contribution in [0.4, 0.5) is 0 Å². The first kappa shape index (κ1) is 13.2. The third-order valence-electron chi connectivity index (χ3n) is 1.58. The maximum Gasteiger partial charge on any atom is 0.343 e.